The Morgan fingerprint density at radius 1 is 1.25 bits per heavy atom. The maximum atomic E-state index is 12.5. The van der Waals surface area contributed by atoms with Crippen LogP contribution in [0.5, 0.6) is 5.75 Å². The zero-order valence-corrected chi connectivity index (χ0v) is 16.7. The number of carbonyl (C=O) groups excluding carboxylic acids is 1. The predicted molar refractivity (Wildman–Crippen MR) is 107 cm³/mol. The van der Waals surface area contributed by atoms with Gasteiger partial charge in [-0.3, -0.25) is 9.20 Å². The van der Waals surface area contributed by atoms with Gasteiger partial charge in [0.1, 0.15) is 11.5 Å². The molecule has 0 saturated heterocycles. The highest BCUT2D eigenvalue weighted by Crippen LogP contribution is 2.30. The highest BCUT2D eigenvalue weighted by Gasteiger charge is 2.20. The van der Waals surface area contributed by atoms with Gasteiger partial charge in [0.05, 0.1) is 17.9 Å². The topological polar surface area (TPSA) is 94.5 Å². The first-order valence-electron chi connectivity index (χ1n) is 8.69. The number of anilines is 1. The molecule has 8 nitrogen and oxygen atoms in total. The minimum absolute atomic E-state index is 0.191. The Morgan fingerprint density at radius 3 is 2.79 bits per heavy atom. The Hall–Kier alpha value is -3.07. The van der Waals surface area contributed by atoms with Crippen LogP contribution in [-0.2, 0) is 4.79 Å². The molecule has 144 valence electrons. The molecule has 4 aromatic rings. The Morgan fingerprint density at radius 2 is 2.07 bits per heavy atom. The minimum atomic E-state index is -0.411. The third-order valence-corrected chi connectivity index (χ3v) is 5.45. The van der Waals surface area contributed by atoms with Crippen LogP contribution in [0.15, 0.2) is 40.0 Å². The molecular formula is C19H19N5O3S. The van der Waals surface area contributed by atoms with E-state index in [9.17, 15) is 4.79 Å². The van der Waals surface area contributed by atoms with E-state index in [4.69, 9.17) is 9.26 Å². The molecule has 0 aliphatic carbocycles. The SMILES string of the molecule is COc1ccc2c(C)cc3nnc(S[C@H](C)C(=O)Nc4cc(C)on4)n3c2c1. The molecule has 3 aromatic heterocycles. The van der Waals surface area contributed by atoms with Crippen molar-refractivity contribution in [2.24, 2.45) is 0 Å². The van der Waals surface area contributed by atoms with Crippen molar-refractivity contribution in [1.29, 1.82) is 0 Å². The standard InChI is InChI=1S/C19H19N5O3S/c1-10-7-17-21-22-19(24(17)15-9-13(26-4)5-6-14(10)15)28-12(3)18(25)20-16-8-11(2)27-23-16/h5-9,12H,1-4H3,(H,20,23,25)/t12-/m1/s1. The number of aromatic nitrogens is 4. The minimum Gasteiger partial charge on any atom is -0.497 e. The molecule has 0 saturated carbocycles. The van der Waals surface area contributed by atoms with Crippen molar-refractivity contribution in [1.82, 2.24) is 19.8 Å². The van der Waals surface area contributed by atoms with E-state index < -0.39 is 5.25 Å². The van der Waals surface area contributed by atoms with Gasteiger partial charge in [0.2, 0.25) is 5.91 Å². The summed E-state index contributed by atoms with van der Waals surface area (Å²) in [7, 11) is 1.63. The van der Waals surface area contributed by atoms with Gasteiger partial charge < -0.3 is 14.6 Å². The number of benzene rings is 1. The van der Waals surface area contributed by atoms with Gasteiger partial charge in [0, 0.05) is 17.5 Å². The number of rotatable bonds is 5. The molecule has 28 heavy (non-hydrogen) atoms. The molecular weight excluding hydrogens is 378 g/mol. The number of thioether (sulfide) groups is 1. The van der Waals surface area contributed by atoms with Crippen LogP contribution >= 0.6 is 11.8 Å². The Bertz CT molecular complexity index is 1180. The summed E-state index contributed by atoms with van der Waals surface area (Å²) in [6, 6.07) is 9.54. The van der Waals surface area contributed by atoms with Crippen molar-refractivity contribution in [3.8, 4) is 5.75 Å². The normalized spacial score (nSPS) is 12.4. The fourth-order valence-electron chi connectivity index (χ4n) is 2.97. The van der Waals surface area contributed by atoms with Crippen molar-refractivity contribution < 1.29 is 14.1 Å². The quantitative estimate of drug-likeness (QED) is 0.514. The summed E-state index contributed by atoms with van der Waals surface area (Å²) in [5, 5.41) is 16.4. The number of aryl methyl sites for hydroxylation is 2. The number of methoxy groups -OCH3 is 1. The lowest BCUT2D eigenvalue weighted by Crippen LogP contribution is -2.22. The lowest BCUT2D eigenvalue weighted by atomic mass is 10.1. The first-order valence-corrected chi connectivity index (χ1v) is 9.57. The molecule has 0 aliphatic rings. The van der Waals surface area contributed by atoms with E-state index in [1.165, 1.54) is 11.8 Å². The number of ether oxygens (including phenoxy) is 1. The molecule has 1 N–H and O–H groups in total. The third-order valence-electron chi connectivity index (χ3n) is 4.41. The van der Waals surface area contributed by atoms with Crippen LogP contribution in [0.3, 0.4) is 0 Å². The van der Waals surface area contributed by atoms with E-state index in [0.29, 0.717) is 16.7 Å². The van der Waals surface area contributed by atoms with E-state index >= 15 is 0 Å². The van der Waals surface area contributed by atoms with Gasteiger partial charge in [0.25, 0.3) is 0 Å². The zero-order valence-electron chi connectivity index (χ0n) is 15.9. The number of amides is 1. The molecule has 4 rings (SSSR count). The Balaban J connectivity index is 1.68. The third kappa shape index (κ3) is 3.29. The van der Waals surface area contributed by atoms with Gasteiger partial charge in [-0.1, -0.05) is 16.9 Å². The maximum absolute atomic E-state index is 12.5. The number of nitrogens with zero attached hydrogens (tertiary/aromatic N) is 4. The lowest BCUT2D eigenvalue weighted by Gasteiger charge is -2.11. The van der Waals surface area contributed by atoms with Crippen LogP contribution in [0.1, 0.15) is 18.2 Å². The van der Waals surface area contributed by atoms with Gasteiger partial charge in [-0.15, -0.1) is 10.2 Å². The number of nitrogens with one attached hydrogen (secondary N) is 1. The van der Waals surface area contributed by atoms with E-state index in [2.05, 4.69) is 20.7 Å². The number of carbonyl (C=O) groups is 1. The number of pyridine rings is 1. The van der Waals surface area contributed by atoms with Crippen molar-refractivity contribution in [2.75, 3.05) is 12.4 Å². The zero-order chi connectivity index (χ0) is 19.8. The number of hydrogen-bond acceptors (Lipinski definition) is 7. The van der Waals surface area contributed by atoms with E-state index in [0.717, 1.165) is 27.9 Å². The van der Waals surface area contributed by atoms with Crippen LogP contribution < -0.4 is 10.1 Å². The van der Waals surface area contributed by atoms with Gasteiger partial charge in [-0.2, -0.15) is 0 Å². The molecule has 1 amide bonds. The summed E-state index contributed by atoms with van der Waals surface area (Å²) >= 11 is 1.33. The second-order valence-electron chi connectivity index (χ2n) is 6.46. The highest BCUT2D eigenvalue weighted by molar-refractivity contribution is 8.00. The molecule has 0 aliphatic heterocycles. The fraction of sp³-hybridized carbons (Fsp3) is 0.263. The van der Waals surface area contributed by atoms with Crippen molar-refractivity contribution >= 4 is 40.0 Å². The Labute approximate surface area is 165 Å². The molecule has 1 atom stereocenters. The average molecular weight is 397 g/mol. The fourth-order valence-corrected chi connectivity index (χ4v) is 3.84. The van der Waals surface area contributed by atoms with Crippen LogP contribution in [0.25, 0.3) is 16.6 Å². The number of hydrogen-bond donors (Lipinski definition) is 1. The second kappa shape index (κ2) is 7.16. The summed E-state index contributed by atoms with van der Waals surface area (Å²) in [4.78, 5) is 12.5. The largest absolute Gasteiger partial charge is 0.497 e. The summed E-state index contributed by atoms with van der Waals surface area (Å²) in [5.41, 5.74) is 2.75. The van der Waals surface area contributed by atoms with Gasteiger partial charge in [0.15, 0.2) is 16.6 Å². The summed E-state index contributed by atoms with van der Waals surface area (Å²) in [5.74, 6) is 1.59. The lowest BCUT2D eigenvalue weighted by molar-refractivity contribution is -0.115. The molecule has 0 fully saturated rings. The van der Waals surface area contributed by atoms with Crippen molar-refractivity contribution in [3.63, 3.8) is 0 Å². The predicted octanol–water partition coefficient (Wildman–Crippen LogP) is 3.62. The Kier molecular flexibility index (Phi) is 4.68. The molecule has 0 bridgehead atoms. The van der Waals surface area contributed by atoms with Crippen LogP contribution in [0.2, 0.25) is 0 Å². The molecule has 1 aromatic carbocycles. The summed E-state index contributed by atoms with van der Waals surface area (Å²) < 4.78 is 12.3. The molecule has 9 heteroatoms. The smallest absolute Gasteiger partial charge is 0.238 e. The monoisotopic (exact) mass is 397 g/mol. The van der Waals surface area contributed by atoms with Crippen LogP contribution in [-0.4, -0.2) is 38.0 Å². The average Bonchev–Trinajstić information content (AvgIpc) is 3.27. The summed E-state index contributed by atoms with van der Waals surface area (Å²) in [6.45, 7) is 5.61. The van der Waals surface area contributed by atoms with Gasteiger partial charge in [-0.05, 0) is 44.5 Å². The molecule has 0 unspecified atom stereocenters. The van der Waals surface area contributed by atoms with Crippen molar-refractivity contribution in [2.45, 2.75) is 31.2 Å². The van der Waals surface area contributed by atoms with Crippen LogP contribution in [0.4, 0.5) is 5.82 Å². The van der Waals surface area contributed by atoms with Crippen LogP contribution in [0, 0.1) is 13.8 Å². The van der Waals surface area contributed by atoms with Crippen molar-refractivity contribution in [3.05, 3.63) is 41.7 Å². The molecule has 0 spiro atoms. The van der Waals surface area contributed by atoms with Gasteiger partial charge >= 0.3 is 0 Å². The van der Waals surface area contributed by atoms with E-state index in [-0.39, 0.29) is 5.91 Å². The van der Waals surface area contributed by atoms with E-state index in [1.54, 1.807) is 20.1 Å². The van der Waals surface area contributed by atoms with Gasteiger partial charge in [-0.25, -0.2) is 0 Å². The maximum Gasteiger partial charge on any atom is 0.238 e. The molecule has 0 radical (unpaired) electrons. The summed E-state index contributed by atoms with van der Waals surface area (Å²) in [6.07, 6.45) is 0. The molecule has 3 heterocycles. The number of fused-ring (bicyclic) bond motifs is 3. The van der Waals surface area contributed by atoms with E-state index in [1.807, 2.05) is 42.5 Å². The first-order chi connectivity index (χ1) is 13.5. The highest BCUT2D eigenvalue weighted by atomic mass is 32.2. The first kappa shape index (κ1) is 18.3. The second-order valence-corrected chi connectivity index (χ2v) is 7.77.